The summed E-state index contributed by atoms with van der Waals surface area (Å²) in [7, 11) is 1.69. The maximum atomic E-state index is 8.98. The number of methoxy groups -OCH3 is 1. The second-order valence-corrected chi connectivity index (χ2v) is 4.48. The summed E-state index contributed by atoms with van der Waals surface area (Å²) in [6, 6.07) is 14.7. The molecule has 0 heterocycles. The van der Waals surface area contributed by atoms with Crippen LogP contribution in [0.4, 0.5) is 0 Å². The van der Waals surface area contributed by atoms with Crippen molar-refractivity contribution < 1.29 is 4.74 Å². The van der Waals surface area contributed by atoms with Gasteiger partial charge in [0.15, 0.2) is 0 Å². The van der Waals surface area contributed by atoms with Gasteiger partial charge in [-0.1, -0.05) is 30.3 Å². The van der Waals surface area contributed by atoms with Crippen LogP contribution in [0.3, 0.4) is 0 Å². The highest BCUT2D eigenvalue weighted by Gasteiger charge is 2.41. The molecule has 0 N–H and O–H groups in total. The van der Waals surface area contributed by atoms with Gasteiger partial charge in [0, 0.05) is 11.5 Å². The zero-order chi connectivity index (χ0) is 11.8. The molecule has 1 saturated carbocycles. The van der Waals surface area contributed by atoms with E-state index in [0.717, 1.165) is 12.2 Å². The zero-order valence-corrected chi connectivity index (χ0v) is 9.68. The minimum Gasteiger partial charge on any atom is -0.496 e. The highest BCUT2D eigenvalue weighted by molar-refractivity contribution is 5.88. The van der Waals surface area contributed by atoms with E-state index in [1.807, 2.05) is 18.2 Å². The van der Waals surface area contributed by atoms with Gasteiger partial charge in [-0.3, -0.25) is 0 Å². The predicted octanol–water partition coefficient (Wildman–Crippen LogP) is 3.48. The molecule has 1 fully saturated rings. The molecule has 2 nitrogen and oxygen atoms in total. The fourth-order valence-electron chi connectivity index (χ4n) is 2.49. The standard InChI is InChI=1S/C15H13NO/c1-17-14-7-6-10-4-2-3-5-12(10)15(14)13-8-11(13)9-16/h2-7,11,13H,8H2,1H3/t11-,13+/m0/s1. The van der Waals surface area contributed by atoms with E-state index in [2.05, 4.69) is 24.3 Å². The molecule has 2 aromatic rings. The smallest absolute Gasteiger partial charge is 0.123 e. The third kappa shape index (κ3) is 1.55. The highest BCUT2D eigenvalue weighted by atomic mass is 16.5. The van der Waals surface area contributed by atoms with Crippen LogP contribution in [0.5, 0.6) is 5.75 Å². The van der Waals surface area contributed by atoms with Gasteiger partial charge in [-0.05, 0) is 23.3 Å². The van der Waals surface area contributed by atoms with Crippen LogP contribution in [0.1, 0.15) is 17.9 Å². The molecule has 0 amide bonds. The molecule has 1 aliphatic carbocycles. The van der Waals surface area contributed by atoms with Crippen molar-refractivity contribution in [3.63, 3.8) is 0 Å². The molecule has 0 spiro atoms. The van der Waals surface area contributed by atoms with Crippen molar-refractivity contribution in [2.45, 2.75) is 12.3 Å². The van der Waals surface area contributed by atoms with E-state index >= 15 is 0 Å². The number of nitriles is 1. The molecule has 17 heavy (non-hydrogen) atoms. The molecule has 0 aromatic heterocycles. The van der Waals surface area contributed by atoms with Crippen LogP contribution in [0, 0.1) is 17.2 Å². The van der Waals surface area contributed by atoms with Gasteiger partial charge in [-0.2, -0.15) is 5.26 Å². The first-order valence-electron chi connectivity index (χ1n) is 5.80. The third-order valence-electron chi connectivity index (χ3n) is 3.48. The van der Waals surface area contributed by atoms with Gasteiger partial charge in [0.1, 0.15) is 5.75 Å². The Labute approximate surface area is 100 Å². The normalized spacial score (nSPS) is 22.1. The Morgan fingerprint density at radius 1 is 1.24 bits per heavy atom. The molecular formula is C15H13NO. The topological polar surface area (TPSA) is 33.0 Å². The minimum absolute atomic E-state index is 0.162. The number of hydrogen-bond acceptors (Lipinski definition) is 2. The maximum Gasteiger partial charge on any atom is 0.123 e. The van der Waals surface area contributed by atoms with E-state index in [4.69, 9.17) is 10.00 Å². The molecule has 0 bridgehead atoms. The summed E-state index contributed by atoms with van der Waals surface area (Å²) in [5.74, 6) is 1.42. The second-order valence-electron chi connectivity index (χ2n) is 4.48. The van der Waals surface area contributed by atoms with Crippen molar-refractivity contribution in [1.82, 2.24) is 0 Å². The summed E-state index contributed by atoms with van der Waals surface area (Å²) in [4.78, 5) is 0. The van der Waals surface area contributed by atoms with E-state index < -0.39 is 0 Å². The first kappa shape index (κ1) is 10.2. The largest absolute Gasteiger partial charge is 0.496 e. The van der Waals surface area contributed by atoms with Gasteiger partial charge in [0.05, 0.1) is 19.1 Å². The van der Waals surface area contributed by atoms with Crippen molar-refractivity contribution in [3.8, 4) is 11.8 Å². The first-order chi connectivity index (χ1) is 8.35. The lowest BCUT2D eigenvalue weighted by molar-refractivity contribution is 0.410. The molecule has 0 radical (unpaired) electrons. The molecule has 2 heteroatoms. The third-order valence-corrected chi connectivity index (χ3v) is 3.48. The summed E-state index contributed by atoms with van der Waals surface area (Å²) in [6.07, 6.45) is 0.959. The minimum atomic E-state index is 0.162. The fraction of sp³-hybridized carbons (Fsp3) is 0.267. The Bertz CT molecular complexity index is 612. The molecule has 2 aromatic carbocycles. The van der Waals surface area contributed by atoms with E-state index in [-0.39, 0.29) is 5.92 Å². The summed E-state index contributed by atoms with van der Waals surface area (Å²) in [5.41, 5.74) is 1.21. The second kappa shape index (κ2) is 3.78. The Hall–Kier alpha value is -2.01. The Kier molecular flexibility index (Phi) is 2.26. The molecule has 3 rings (SSSR count). The van der Waals surface area contributed by atoms with E-state index in [0.29, 0.717) is 5.92 Å². The number of ether oxygens (including phenoxy) is 1. The molecular weight excluding hydrogens is 210 g/mol. The number of nitrogens with zero attached hydrogens (tertiary/aromatic N) is 1. The quantitative estimate of drug-likeness (QED) is 0.780. The van der Waals surface area contributed by atoms with Crippen LogP contribution in [-0.2, 0) is 0 Å². The van der Waals surface area contributed by atoms with Crippen LogP contribution in [-0.4, -0.2) is 7.11 Å². The van der Waals surface area contributed by atoms with Crippen molar-refractivity contribution in [2.75, 3.05) is 7.11 Å². The Morgan fingerprint density at radius 3 is 2.76 bits per heavy atom. The van der Waals surface area contributed by atoms with Crippen molar-refractivity contribution in [1.29, 1.82) is 5.26 Å². The lowest BCUT2D eigenvalue weighted by Crippen LogP contribution is -1.92. The summed E-state index contributed by atoms with van der Waals surface area (Å²) in [5, 5.41) is 11.4. The molecule has 0 aliphatic heterocycles. The van der Waals surface area contributed by atoms with Crippen LogP contribution in [0.25, 0.3) is 10.8 Å². The molecule has 1 aliphatic rings. The number of fused-ring (bicyclic) bond motifs is 1. The zero-order valence-electron chi connectivity index (χ0n) is 9.68. The van der Waals surface area contributed by atoms with Crippen LogP contribution < -0.4 is 4.74 Å². The maximum absolute atomic E-state index is 8.98. The molecule has 84 valence electrons. The fourth-order valence-corrected chi connectivity index (χ4v) is 2.49. The summed E-state index contributed by atoms with van der Waals surface area (Å²) in [6.45, 7) is 0. The summed E-state index contributed by atoms with van der Waals surface area (Å²) < 4.78 is 5.44. The van der Waals surface area contributed by atoms with Gasteiger partial charge in [0.2, 0.25) is 0 Å². The van der Waals surface area contributed by atoms with Gasteiger partial charge in [-0.25, -0.2) is 0 Å². The lowest BCUT2D eigenvalue weighted by atomic mass is 9.99. The Balaban J connectivity index is 2.22. The van der Waals surface area contributed by atoms with Gasteiger partial charge in [-0.15, -0.1) is 0 Å². The molecule has 2 atom stereocenters. The van der Waals surface area contributed by atoms with E-state index in [1.54, 1.807) is 7.11 Å². The SMILES string of the molecule is COc1ccc2ccccc2c1[C@@H]1C[C@H]1C#N. The van der Waals surface area contributed by atoms with E-state index in [1.165, 1.54) is 16.3 Å². The number of rotatable bonds is 2. The Morgan fingerprint density at radius 2 is 2.06 bits per heavy atom. The average molecular weight is 223 g/mol. The van der Waals surface area contributed by atoms with Crippen molar-refractivity contribution in [2.24, 2.45) is 5.92 Å². The van der Waals surface area contributed by atoms with E-state index in [9.17, 15) is 0 Å². The van der Waals surface area contributed by atoms with Crippen LogP contribution in [0.15, 0.2) is 36.4 Å². The number of hydrogen-bond donors (Lipinski definition) is 0. The average Bonchev–Trinajstić information content (AvgIpc) is 3.16. The van der Waals surface area contributed by atoms with Crippen LogP contribution in [0.2, 0.25) is 0 Å². The predicted molar refractivity (Wildman–Crippen MR) is 67.0 cm³/mol. The first-order valence-corrected chi connectivity index (χ1v) is 5.80. The number of benzene rings is 2. The van der Waals surface area contributed by atoms with Gasteiger partial charge in [0.25, 0.3) is 0 Å². The van der Waals surface area contributed by atoms with Gasteiger partial charge < -0.3 is 4.74 Å². The van der Waals surface area contributed by atoms with Gasteiger partial charge >= 0.3 is 0 Å². The van der Waals surface area contributed by atoms with Crippen LogP contribution >= 0.6 is 0 Å². The lowest BCUT2D eigenvalue weighted by Gasteiger charge is -2.11. The summed E-state index contributed by atoms with van der Waals surface area (Å²) >= 11 is 0. The molecule has 0 unspecified atom stereocenters. The highest BCUT2D eigenvalue weighted by Crippen LogP contribution is 2.52. The van der Waals surface area contributed by atoms with Crippen molar-refractivity contribution >= 4 is 10.8 Å². The molecule has 0 saturated heterocycles. The van der Waals surface area contributed by atoms with Crippen molar-refractivity contribution in [3.05, 3.63) is 42.0 Å². The monoisotopic (exact) mass is 223 g/mol.